The molecule has 0 heterocycles. The molecule has 25 heavy (non-hydrogen) atoms. The molecule has 0 bridgehead atoms. The highest BCUT2D eigenvalue weighted by molar-refractivity contribution is 5.88. The van der Waals surface area contributed by atoms with E-state index < -0.39 is 6.04 Å². The number of ether oxygens (including phenoxy) is 1. The first-order chi connectivity index (χ1) is 11.9. The van der Waals surface area contributed by atoms with E-state index in [1.807, 2.05) is 38.1 Å². The molecule has 1 aromatic rings. The van der Waals surface area contributed by atoms with E-state index in [-0.39, 0.29) is 17.7 Å². The van der Waals surface area contributed by atoms with Gasteiger partial charge in [0.2, 0.25) is 11.8 Å². The highest BCUT2D eigenvalue weighted by atomic mass is 16.5. The van der Waals surface area contributed by atoms with Crippen molar-refractivity contribution in [3.63, 3.8) is 0 Å². The lowest BCUT2D eigenvalue weighted by atomic mass is 10.1. The number of carbonyl (C=O) groups is 2. The van der Waals surface area contributed by atoms with Gasteiger partial charge in [-0.2, -0.15) is 0 Å². The maximum Gasteiger partial charge on any atom is 0.242 e. The fraction of sp³-hybridized carbons (Fsp3) is 0.600. The van der Waals surface area contributed by atoms with Crippen LogP contribution in [0, 0.1) is 5.92 Å². The summed E-state index contributed by atoms with van der Waals surface area (Å²) < 4.78 is 5.16. The Labute approximate surface area is 151 Å². The molecule has 0 saturated heterocycles. The van der Waals surface area contributed by atoms with Crippen LogP contribution in [-0.2, 0) is 16.1 Å². The first-order valence-electron chi connectivity index (χ1n) is 9.11. The number of benzene rings is 1. The van der Waals surface area contributed by atoms with Crippen LogP contribution in [-0.4, -0.2) is 36.4 Å². The Bertz CT molecular complexity index is 540. The first kappa shape index (κ1) is 21.0. The molecule has 0 spiro atoms. The fourth-order valence-electron chi connectivity index (χ4n) is 2.54. The van der Waals surface area contributed by atoms with Crippen LogP contribution in [0.3, 0.4) is 0 Å². The summed E-state index contributed by atoms with van der Waals surface area (Å²) in [5.41, 5.74) is 0.973. The van der Waals surface area contributed by atoms with Crippen molar-refractivity contribution in [3.05, 3.63) is 29.8 Å². The van der Waals surface area contributed by atoms with Gasteiger partial charge >= 0.3 is 0 Å². The number of rotatable bonds is 10. The third-order valence-corrected chi connectivity index (χ3v) is 4.22. The van der Waals surface area contributed by atoms with Crippen molar-refractivity contribution in [2.24, 2.45) is 5.92 Å². The van der Waals surface area contributed by atoms with Crippen LogP contribution >= 0.6 is 0 Å². The van der Waals surface area contributed by atoms with E-state index in [4.69, 9.17) is 4.74 Å². The van der Waals surface area contributed by atoms with E-state index in [0.717, 1.165) is 30.6 Å². The zero-order chi connectivity index (χ0) is 18.8. The van der Waals surface area contributed by atoms with Gasteiger partial charge in [0.05, 0.1) is 7.11 Å². The van der Waals surface area contributed by atoms with Crippen LogP contribution in [0.1, 0.15) is 52.5 Å². The number of hydrogen-bond acceptors (Lipinski definition) is 3. The molecule has 0 aliphatic heterocycles. The molecule has 1 rings (SSSR count). The van der Waals surface area contributed by atoms with Crippen LogP contribution in [0.4, 0.5) is 0 Å². The average Bonchev–Trinajstić information content (AvgIpc) is 2.62. The molecular weight excluding hydrogens is 316 g/mol. The fourth-order valence-corrected chi connectivity index (χ4v) is 2.54. The molecule has 1 N–H and O–H groups in total. The van der Waals surface area contributed by atoms with Gasteiger partial charge in [0.15, 0.2) is 0 Å². The van der Waals surface area contributed by atoms with Crippen molar-refractivity contribution in [1.29, 1.82) is 0 Å². The number of methoxy groups -OCH3 is 1. The van der Waals surface area contributed by atoms with Gasteiger partial charge in [-0.05, 0) is 31.0 Å². The van der Waals surface area contributed by atoms with Gasteiger partial charge in [0, 0.05) is 19.0 Å². The third kappa shape index (κ3) is 6.77. The van der Waals surface area contributed by atoms with Crippen molar-refractivity contribution in [2.45, 2.75) is 59.5 Å². The first-order valence-corrected chi connectivity index (χ1v) is 9.11. The number of nitrogens with zero attached hydrogens (tertiary/aromatic N) is 1. The highest BCUT2D eigenvalue weighted by Crippen LogP contribution is 2.16. The normalized spacial score (nSPS) is 11.9. The molecule has 0 radical (unpaired) electrons. The largest absolute Gasteiger partial charge is 0.497 e. The molecule has 0 unspecified atom stereocenters. The van der Waals surface area contributed by atoms with Crippen LogP contribution < -0.4 is 10.1 Å². The molecule has 1 atom stereocenters. The van der Waals surface area contributed by atoms with Crippen LogP contribution in [0.5, 0.6) is 5.75 Å². The van der Waals surface area contributed by atoms with Gasteiger partial charge in [-0.1, -0.05) is 45.7 Å². The molecule has 5 nitrogen and oxygen atoms in total. The zero-order valence-electron chi connectivity index (χ0n) is 16.2. The van der Waals surface area contributed by atoms with Crippen LogP contribution in [0.15, 0.2) is 24.3 Å². The molecular formula is C20H32N2O3. The van der Waals surface area contributed by atoms with Gasteiger partial charge in [0.25, 0.3) is 0 Å². The van der Waals surface area contributed by atoms with Gasteiger partial charge in [-0.3, -0.25) is 9.59 Å². The minimum absolute atomic E-state index is 0.0213. The van der Waals surface area contributed by atoms with Gasteiger partial charge in [0.1, 0.15) is 11.8 Å². The Hall–Kier alpha value is -2.04. The quantitative estimate of drug-likeness (QED) is 0.660. The van der Waals surface area contributed by atoms with E-state index in [1.54, 1.807) is 18.9 Å². The Balaban J connectivity index is 2.80. The molecule has 1 aromatic carbocycles. The Kier molecular flexibility index (Phi) is 9.03. The maximum absolute atomic E-state index is 12.6. The summed E-state index contributed by atoms with van der Waals surface area (Å²) in [5, 5.41) is 2.94. The molecule has 140 valence electrons. The molecule has 0 fully saturated rings. The second kappa shape index (κ2) is 10.7. The summed E-state index contributed by atoms with van der Waals surface area (Å²) in [5.74, 6) is 0.492. The molecule has 5 heteroatoms. The summed E-state index contributed by atoms with van der Waals surface area (Å²) in [6.45, 7) is 8.69. The van der Waals surface area contributed by atoms with E-state index in [0.29, 0.717) is 13.1 Å². The lowest BCUT2D eigenvalue weighted by Gasteiger charge is -2.30. The number of unbranched alkanes of at least 4 members (excludes halogenated alkanes) is 2. The molecule has 0 saturated carbocycles. The van der Waals surface area contributed by atoms with Gasteiger partial charge in [-0.25, -0.2) is 0 Å². The van der Waals surface area contributed by atoms with Gasteiger partial charge in [-0.15, -0.1) is 0 Å². The minimum Gasteiger partial charge on any atom is -0.497 e. The monoisotopic (exact) mass is 348 g/mol. The van der Waals surface area contributed by atoms with Crippen molar-refractivity contribution in [2.75, 3.05) is 13.7 Å². The summed E-state index contributed by atoms with van der Waals surface area (Å²) >= 11 is 0. The molecule has 2 amide bonds. The number of amides is 2. The van der Waals surface area contributed by atoms with E-state index in [2.05, 4.69) is 12.2 Å². The average molecular weight is 348 g/mol. The SMILES string of the molecule is CCCCCNC(=O)[C@H](C)N(Cc1ccc(OC)cc1)C(=O)C(C)C. The van der Waals surface area contributed by atoms with Crippen molar-refractivity contribution in [3.8, 4) is 5.75 Å². The number of carbonyl (C=O) groups excluding carboxylic acids is 2. The Morgan fingerprint density at radius 3 is 2.28 bits per heavy atom. The second-order valence-corrected chi connectivity index (χ2v) is 6.64. The predicted molar refractivity (Wildman–Crippen MR) is 100 cm³/mol. The summed E-state index contributed by atoms with van der Waals surface area (Å²) in [6, 6.07) is 7.07. The molecule has 0 aromatic heterocycles. The summed E-state index contributed by atoms with van der Waals surface area (Å²) in [4.78, 5) is 26.7. The van der Waals surface area contributed by atoms with Crippen molar-refractivity contribution < 1.29 is 14.3 Å². The van der Waals surface area contributed by atoms with E-state index >= 15 is 0 Å². The Morgan fingerprint density at radius 1 is 1.12 bits per heavy atom. The molecule has 0 aliphatic carbocycles. The topological polar surface area (TPSA) is 58.6 Å². The summed E-state index contributed by atoms with van der Waals surface area (Å²) in [6.07, 6.45) is 3.17. The Morgan fingerprint density at radius 2 is 1.76 bits per heavy atom. The lowest BCUT2D eigenvalue weighted by molar-refractivity contribution is -0.143. The number of nitrogens with one attached hydrogen (secondary N) is 1. The van der Waals surface area contributed by atoms with E-state index in [1.165, 1.54) is 0 Å². The highest BCUT2D eigenvalue weighted by Gasteiger charge is 2.27. The lowest BCUT2D eigenvalue weighted by Crippen LogP contribution is -2.49. The van der Waals surface area contributed by atoms with Crippen molar-refractivity contribution in [1.82, 2.24) is 10.2 Å². The number of hydrogen-bond donors (Lipinski definition) is 1. The van der Waals surface area contributed by atoms with Crippen molar-refractivity contribution >= 4 is 11.8 Å². The zero-order valence-corrected chi connectivity index (χ0v) is 16.2. The smallest absolute Gasteiger partial charge is 0.242 e. The second-order valence-electron chi connectivity index (χ2n) is 6.64. The predicted octanol–water partition coefficient (Wildman–Crippen LogP) is 3.37. The van der Waals surface area contributed by atoms with Gasteiger partial charge < -0.3 is 15.0 Å². The van der Waals surface area contributed by atoms with Crippen LogP contribution in [0.25, 0.3) is 0 Å². The van der Waals surface area contributed by atoms with E-state index in [9.17, 15) is 9.59 Å². The third-order valence-electron chi connectivity index (χ3n) is 4.22. The van der Waals surface area contributed by atoms with Crippen LogP contribution in [0.2, 0.25) is 0 Å². The summed E-state index contributed by atoms with van der Waals surface area (Å²) in [7, 11) is 1.62. The minimum atomic E-state index is -0.501. The standard InChI is InChI=1S/C20H32N2O3/c1-6-7-8-13-21-19(23)16(4)22(20(24)15(2)3)14-17-9-11-18(25-5)12-10-17/h9-12,15-16H,6-8,13-14H2,1-5H3,(H,21,23)/t16-/m0/s1. The maximum atomic E-state index is 12.6. The molecule has 0 aliphatic rings.